The third-order valence-electron chi connectivity index (χ3n) is 2.41. The second-order valence-electron chi connectivity index (χ2n) is 3.53. The Hall–Kier alpha value is -0.0800. The smallest absolute Gasteiger partial charge is 0.0783 e. The molecule has 2 heteroatoms. The first kappa shape index (κ1) is 11.9. The van der Waals surface area contributed by atoms with Crippen molar-refractivity contribution >= 4 is 0 Å². The number of hydrogen-bond acceptors (Lipinski definition) is 1. The van der Waals surface area contributed by atoms with Crippen molar-refractivity contribution in [2.24, 2.45) is 0 Å². The van der Waals surface area contributed by atoms with Crippen molar-refractivity contribution in [1.82, 2.24) is 0 Å². The Morgan fingerprint density at radius 1 is 0.917 bits per heavy atom. The lowest BCUT2D eigenvalue weighted by atomic mass is 10.2. The van der Waals surface area contributed by atoms with E-state index in [9.17, 15) is 5.21 Å². The molecule has 74 valence electrons. The van der Waals surface area contributed by atoms with Gasteiger partial charge in [0.15, 0.2) is 0 Å². The molecule has 0 amide bonds. The predicted molar refractivity (Wildman–Crippen MR) is 53.7 cm³/mol. The minimum absolute atomic E-state index is 0.0294. The van der Waals surface area contributed by atoms with E-state index in [1.807, 2.05) is 6.92 Å². The lowest BCUT2D eigenvalue weighted by Gasteiger charge is -2.42. The standard InChI is InChI=1S/C10H23NO/c1-4-7-9-11(12,6-3)10-8-5-2/h4-10H2,1-3H3. The molecule has 0 saturated carbocycles. The molecule has 12 heavy (non-hydrogen) atoms. The molecule has 2 nitrogen and oxygen atoms in total. The van der Waals surface area contributed by atoms with Crippen LogP contribution in [0, 0.1) is 5.21 Å². The van der Waals surface area contributed by atoms with Gasteiger partial charge < -0.3 is 9.85 Å². The van der Waals surface area contributed by atoms with Gasteiger partial charge in [-0.3, -0.25) is 0 Å². The lowest BCUT2D eigenvalue weighted by molar-refractivity contribution is -0.879. The summed E-state index contributed by atoms with van der Waals surface area (Å²) in [5.41, 5.74) is 0. The van der Waals surface area contributed by atoms with Crippen molar-refractivity contribution in [3.8, 4) is 0 Å². The summed E-state index contributed by atoms with van der Waals surface area (Å²) >= 11 is 0. The van der Waals surface area contributed by atoms with Crippen molar-refractivity contribution in [2.75, 3.05) is 19.6 Å². The largest absolute Gasteiger partial charge is 0.633 e. The second-order valence-corrected chi connectivity index (χ2v) is 3.53. The van der Waals surface area contributed by atoms with Gasteiger partial charge in [-0.2, -0.15) is 0 Å². The summed E-state index contributed by atoms with van der Waals surface area (Å²) in [6.45, 7) is 8.64. The minimum Gasteiger partial charge on any atom is -0.633 e. The van der Waals surface area contributed by atoms with Crippen LogP contribution in [0.5, 0.6) is 0 Å². The van der Waals surface area contributed by atoms with E-state index >= 15 is 0 Å². The van der Waals surface area contributed by atoms with Crippen LogP contribution in [-0.4, -0.2) is 24.3 Å². The molecule has 0 bridgehead atoms. The molecule has 0 unspecified atom stereocenters. The van der Waals surface area contributed by atoms with Gasteiger partial charge in [-0.1, -0.05) is 26.7 Å². The van der Waals surface area contributed by atoms with Gasteiger partial charge in [0.25, 0.3) is 0 Å². The first-order valence-electron chi connectivity index (χ1n) is 5.25. The van der Waals surface area contributed by atoms with Crippen LogP contribution in [0.25, 0.3) is 0 Å². The Kier molecular flexibility index (Phi) is 6.39. The van der Waals surface area contributed by atoms with Gasteiger partial charge in [0.05, 0.1) is 19.6 Å². The van der Waals surface area contributed by atoms with Gasteiger partial charge in [0.2, 0.25) is 0 Å². The van der Waals surface area contributed by atoms with Gasteiger partial charge in [0.1, 0.15) is 0 Å². The zero-order chi connectivity index (χ0) is 9.45. The van der Waals surface area contributed by atoms with Crippen LogP contribution < -0.4 is 0 Å². The monoisotopic (exact) mass is 173 g/mol. The van der Waals surface area contributed by atoms with E-state index in [-0.39, 0.29) is 4.65 Å². The zero-order valence-corrected chi connectivity index (χ0v) is 8.81. The Bertz CT molecular complexity index is 96.0. The maximum atomic E-state index is 11.9. The average molecular weight is 173 g/mol. The van der Waals surface area contributed by atoms with Crippen molar-refractivity contribution in [3.63, 3.8) is 0 Å². The first-order chi connectivity index (χ1) is 5.68. The molecule has 0 heterocycles. The molecule has 0 rings (SSSR count). The maximum absolute atomic E-state index is 11.9. The molecular formula is C10H23NO. The van der Waals surface area contributed by atoms with Crippen molar-refractivity contribution < 1.29 is 4.65 Å². The van der Waals surface area contributed by atoms with Gasteiger partial charge >= 0.3 is 0 Å². The van der Waals surface area contributed by atoms with E-state index in [0.717, 1.165) is 45.3 Å². The van der Waals surface area contributed by atoms with E-state index in [0.29, 0.717) is 0 Å². The van der Waals surface area contributed by atoms with Crippen LogP contribution in [0.1, 0.15) is 46.5 Å². The summed E-state index contributed by atoms with van der Waals surface area (Å²) in [5, 5.41) is 11.9. The number of hydroxylamine groups is 3. The summed E-state index contributed by atoms with van der Waals surface area (Å²) in [6.07, 6.45) is 4.41. The molecule has 0 atom stereocenters. The maximum Gasteiger partial charge on any atom is 0.0783 e. The summed E-state index contributed by atoms with van der Waals surface area (Å²) in [7, 11) is 0. The molecule has 0 N–H and O–H groups in total. The third-order valence-corrected chi connectivity index (χ3v) is 2.41. The Morgan fingerprint density at radius 3 is 1.58 bits per heavy atom. The molecule has 0 aliphatic rings. The van der Waals surface area contributed by atoms with Crippen LogP contribution in [0.3, 0.4) is 0 Å². The predicted octanol–water partition coefficient (Wildman–Crippen LogP) is 2.92. The molecule has 0 radical (unpaired) electrons. The number of nitrogens with zero attached hydrogens (tertiary/aromatic N) is 1. The highest BCUT2D eigenvalue weighted by Crippen LogP contribution is 2.09. The van der Waals surface area contributed by atoms with Crippen molar-refractivity contribution in [3.05, 3.63) is 5.21 Å². The molecular weight excluding hydrogens is 150 g/mol. The SMILES string of the molecule is CCCC[N+]([O-])(CC)CCCC. The highest BCUT2D eigenvalue weighted by molar-refractivity contribution is 4.43. The Balaban J connectivity index is 3.70. The van der Waals surface area contributed by atoms with Crippen LogP contribution in [0.4, 0.5) is 0 Å². The molecule has 0 aromatic carbocycles. The number of hydrogen-bond donors (Lipinski definition) is 0. The fourth-order valence-corrected chi connectivity index (χ4v) is 1.32. The molecule has 0 aliphatic heterocycles. The first-order valence-corrected chi connectivity index (χ1v) is 5.25. The number of quaternary nitrogens is 1. The normalized spacial score (nSPS) is 12.0. The lowest BCUT2D eigenvalue weighted by Crippen LogP contribution is -2.43. The van der Waals surface area contributed by atoms with Crippen LogP contribution in [-0.2, 0) is 0 Å². The molecule has 0 spiro atoms. The van der Waals surface area contributed by atoms with Crippen molar-refractivity contribution in [2.45, 2.75) is 46.5 Å². The van der Waals surface area contributed by atoms with E-state index < -0.39 is 0 Å². The molecule has 0 aromatic rings. The molecule has 0 aromatic heterocycles. The highest BCUT2D eigenvalue weighted by Gasteiger charge is 2.11. The van der Waals surface area contributed by atoms with Crippen LogP contribution in [0.2, 0.25) is 0 Å². The summed E-state index contributed by atoms with van der Waals surface area (Å²) in [4.78, 5) is 0. The van der Waals surface area contributed by atoms with Gasteiger partial charge in [-0.05, 0) is 19.8 Å². The highest BCUT2D eigenvalue weighted by atomic mass is 16.5. The van der Waals surface area contributed by atoms with E-state index in [1.54, 1.807) is 0 Å². The summed E-state index contributed by atoms with van der Waals surface area (Å²) < 4.78 is 0.0294. The minimum atomic E-state index is 0.0294. The number of rotatable bonds is 7. The number of unbranched alkanes of at least 4 members (excludes halogenated alkanes) is 2. The Labute approximate surface area is 76.7 Å². The quantitative estimate of drug-likeness (QED) is 0.429. The third kappa shape index (κ3) is 4.73. The van der Waals surface area contributed by atoms with Crippen molar-refractivity contribution in [1.29, 1.82) is 0 Å². The second kappa shape index (κ2) is 6.44. The fraction of sp³-hybridized carbons (Fsp3) is 1.00. The van der Waals surface area contributed by atoms with Gasteiger partial charge in [-0.25, -0.2) is 0 Å². The molecule has 0 fully saturated rings. The topological polar surface area (TPSA) is 23.1 Å². The van der Waals surface area contributed by atoms with Crippen LogP contribution >= 0.6 is 0 Å². The Morgan fingerprint density at radius 2 is 1.33 bits per heavy atom. The summed E-state index contributed by atoms with van der Waals surface area (Å²) in [5.74, 6) is 0. The van der Waals surface area contributed by atoms with Gasteiger partial charge in [-0.15, -0.1) is 0 Å². The van der Waals surface area contributed by atoms with E-state index in [4.69, 9.17) is 0 Å². The zero-order valence-electron chi connectivity index (χ0n) is 8.81. The van der Waals surface area contributed by atoms with Crippen LogP contribution in [0.15, 0.2) is 0 Å². The fourth-order valence-electron chi connectivity index (χ4n) is 1.32. The molecule has 0 saturated heterocycles. The summed E-state index contributed by atoms with van der Waals surface area (Å²) in [6, 6.07) is 0. The van der Waals surface area contributed by atoms with E-state index in [2.05, 4.69) is 13.8 Å². The van der Waals surface area contributed by atoms with Gasteiger partial charge in [0, 0.05) is 0 Å². The average Bonchev–Trinajstić information content (AvgIpc) is 2.11. The molecule has 0 aliphatic carbocycles. The van der Waals surface area contributed by atoms with E-state index in [1.165, 1.54) is 0 Å².